The summed E-state index contributed by atoms with van der Waals surface area (Å²) in [6.07, 6.45) is 1.66. The van der Waals surface area contributed by atoms with Crippen molar-refractivity contribution in [2.24, 2.45) is 0 Å². The van der Waals surface area contributed by atoms with Gasteiger partial charge in [-0.1, -0.05) is 67.6 Å². The highest BCUT2D eigenvalue weighted by atomic mass is 16.2. The maximum Gasteiger partial charge on any atom is 0.242 e. The van der Waals surface area contributed by atoms with Crippen molar-refractivity contribution in [3.05, 3.63) is 71.8 Å². The van der Waals surface area contributed by atoms with Gasteiger partial charge in [0.25, 0.3) is 0 Å². The molecule has 0 heterocycles. The second kappa shape index (κ2) is 9.62. The fourth-order valence-electron chi connectivity index (χ4n) is 2.91. The molecule has 25 heavy (non-hydrogen) atoms. The molecule has 0 bridgehead atoms. The summed E-state index contributed by atoms with van der Waals surface area (Å²) in [6, 6.07) is 19.3. The van der Waals surface area contributed by atoms with Crippen LogP contribution in [0.4, 0.5) is 0 Å². The van der Waals surface area contributed by atoms with Gasteiger partial charge >= 0.3 is 0 Å². The lowest BCUT2D eigenvalue weighted by Crippen LogP contribution is -2.48. The molecular weight excluding hydrogens is 312 g/mol. The van der Waals surface area contributed by atoms with Crippen molar-refractivity contribution in [1.82, 2.24) is 10.2 Å². The number of hydrogen-bond donors (Lipinski definition) is 1. The summed E-state index contributed by atoms with van der Waals surface area (Å²) < 4.78 is 0. The van der Waals surface area contributed by atoms with Crippen LogP contribution in [-0.2, 0) is 22.6 Å². The number of carbonyl (C=O) groups excluding carboxylic acids is 2. The van der Waals surface area contributed by atoms with E-state index < -0.39 is 6.04 Å². The van der Waals surface area contributed by atoms with E-state index in [1.54, 1.807) is 11.9 Å². The van der Waals surface area contributed by atoms with E-state index >= 15 is 0 Å². The van der Waals surface area contributed by atoms with Crippen LogP contribution in [-0.4, -0.2) is 29.8 Å². The van der Waals surface area contributed by atoms with Crippen molar-refractivity contribution in [2.75, 3.05) is 7.05 Å². The topological polar surface area (TPSA) is 49.4 Å². The highest BCUT2D eigenvalue weighted by molar-refractivity contribution is 5.87. The second-order valence-corrected chi connectivity index (χ2v) is 6.03. The number of amides is 2. The van der Waals surface area contributed by atoms with Gasteiger partial charge < -0.3 is 10.2 Å². The Balaban J connectivity index is 2.14. The lowest BCUT2D eigenvalue weighted by molar-refractivity contribution is -0.141. The van der Waals surface area contributed by atoms with Crippen molar-refractivity contribution >= 4 is 11.8 Å². The lowest BCUT2D eigenvalue weighted by Gasteiger charge is -2.30. The zero-order valence-corrected chi connectivity index (χ0v) is 14.9. The number of likely N-dealkylation sites (N-methyl/N-ethyl adjacent to an activating group) is 1. The van der Waals surface area contributed by atoms with E-state index in [0.29, 0.717) is 25.8 Å². The Morgan fingerprint density at radius 1 is 0.960 bits per heavy atom. The molecular formula is C21H26N2O2. The fourth-order valence-corrected chi connectivity index (χ4v) is 2.91. The van der Waals surface area contributed by atoms with Crippen LogP contribution in [0.5, 0.6) is 0 Å². The first kappa shape index (κ1) is 18.7. The predicted molar refractivity (Wildman–Crippen MR) is 99.9 cm³/mol. The highest BCUT2D eigenvalue weighted by Gasteiger charge is 2.27. The van der Waals surface area contributed by atoms with Crippen molar-refractivity contribution in [3.8, 4) is 0 Å². The van der Waals surface area contributed by atoms with Crippen LogP contribution in [0.25, 0.3) is 0 Å². The molecule has 0 aromatic heterocycles. The third-order valence-electron chi connectivity index (χ3n) is 4.30. The molecule has 2 amide bonds. The van der Waals surface area contributed by atoms with Crippen LogP contribution < -0.4 is 5.32 Å². The van der Waals surface area contributed by atoms with Gasteiger partial charge in [0.2, 0.25) is 11.8 Å². The molecule has 0 aliphatic heterocycles. The summed E-state index contributed by atoms with van der Waals surface area (Å²) in [6.45, 7) is 2.38. The summed E-state index contributed by atoms with van der Waals surface area (Å²) in [5.41, 5.74) is 2.15. The molecule has 0 aliphatic rings. The summed E-state index contributed by atoms with van der Waals surface area (Å²) in [7, 11) is 1.61. The third kappa shape index (κ3) is 5.45. The van der Waals surface area contributed by atoms with Gasteiger partial charge in [-0.3, -0.25) is 9.59 Å². The molecule has 4 nitrogen and oxygen atoms in total. The molecule has 2 aromatic carbocycles. The summed E-state index contributed by atoms with van der Waals surface area (Å²) in [5, 5.41) is 2.68. The zero-order chi connectivity index (χ0) is 18.1. The van der Waals surface area contributed by atoms with Crippen molar-refractivity contribution in [2.45, 2.75) is 38.8 Å². The standard InChI is InChI=1S/C21H26N2O2/c1-3-19(21(25)22-2)23(16-18-12-8-5-9-13-18)20(24)15-14-17-10-6-4-7-11-17/h4-13,19H,3,14-16H2,1-2H3,(H,22,25)/t19-/m1/s1. The molecule has 132 valence electrons. The van der Waals surface area contributed by atoms with E-state index in [1.165, 1.54) is 0 Å². The van der Waals surface area contributed by atoms with Gasteiger partial charge in [-0.05, 0) is 24.0 Å². The molecule has 0 unspecified atom stereocenters. The van der Waals surface area contributed by atoms with Gasteiger partial charge in [0.1, 0.15) is 6.04 Å². The molecule has 0 aliphatic carbocycles. The van der Waals surface area contributed by atoms with Crippen LogP contribution in [0.1, 0.15) is 30.9 Å². The van der Waals surface area contributed by atoms with Gasteiger partial charge in [-0.2, -0.15) is 0 Å². The summed E-state index contributed by atoms with van der Waals surface area (Å²) in [4.78, 5) is 26.8. The first-order chi connectivity index (χ1) is 12.2. The van der Waals surface area contributed by atoms with E-state index in [1.807, 2.05) is 67.6 Å². The number of rotatable bonds is 8. The number of nitrogens with zero attached hydrogens (tertiary/aromatic N) is 1. The molecule has 0 spiro atoms. The number of aryl methyl sites for hydroxylation is 1. The van der Waals surface area contributed by atoms with Gasteiger partial charge in [-0.15, -0.1) is 0 Å². The largest absolute Gasteiger partial charge is 0.357 e. The van der Waals surface area contributed by atoms with Crippen molar-refractivity contribution < 1.29 is 9.59 Å². The number of benzene rings is 2. The number of carbonyl (C=O) groups is 2. The van der Waals surface area contributed by atoms with Crippen LogP contribution in [0, 0.1) is 0 Å². The van der Waals surface area contributed by atoms with Gasteiger partial charge in [0.05, 0.1) is 0 Å². The van der Waals surface area contributed by atoms with E-state index in [2.05, 4.69) is 5.32 Å². The SMILES string of the molecule is CC[C@H](C(=O)NC)N(Cc1ccccc1)C(=O)CCc1ccccc1. The summed E-state index contributed by atoms with van der Waals surface area (Å²) in [5.74, 6) is -0.116. The average molecular weight is 338 g/mol. The molecule has 1 N–H and O–H groups in total. The molecule has 0 saturated carbocycles. The van der Waals surface area contributed by atoms with Crippen molar-refractivity contribution in [1.29, 1.82) is 0 Å². The van der Waals surface area contributed by atoms with Crippen LogP contribution in [0.2, 0.25) is 0 Å². The molecule has 1 atom stereocenters. The van der Waals surface area contributed by atoms with E-state index in [0.717, 1.165) is 11.1 Å². The third-order valence-corrected chi connectivity index (χ3v) is 4.30. The number of hydrogen-bond acceptors (Lipinski definition) is 2. The number of nitrogens with one attached hydrogen (secondary N) is 1. The minimum atomic E-state index is -0.450. The lowest BCUT2D eigenvalue weighted by atomic mass is 10.1. The maximum absolute atomic E-state index is 12.9. The molecule has 2 aromatic rings. The Hall–Kier alpha value is -2.62. The quantitative estimate of drug-likeness (QED) is 0.804. The second-order valence-electron chi connectivity index (χ2n) is 6.03. The Kier molecular flexibility index (Phi) is 7.20. The normalized spacial score (nSPS) is 11.6. The highest BCUT2D eigenvalue weighted by Crippen LogP contribution is 2.15. The predicted octanol–water partition coefficient (Wildman–Crippen LogP) is 3.17. The van der Waals surface area contributed by atoms with Crippen LogP contribution in [0.15, 0.2) is 60.7 Å². The Morgan fingerprint density at radius 3 is 2.04 bits per heavy atom. The maximum atomic E-state index is 12.9. The van der Waals surface area contributed by atoms with Crippen molar-refractivity contribution in [3.63, 3.8) is 0 Å². The summed E-state index contributed by atoms with van der Waals surface area (Å²) >= 11 is 0. The Bertz CT molecular complexity index is 671. The Labute approximate surface area is 149 Å². The molecule has 4 heteroatoms. The molecule has 0 radical (unpaired) electrons. The van der Waals surface area contributed by atoms with Gasteiger partial charge in [-0.25, -0.2) is 0 Å². The Morgan fingerprint density at radius 2 is 1.52 bits per heavy atom. The van der Waals surface area contributed by atoms with E-state index in [4.69, 9.17) is 0 Å². The monoisotopic (exact) mass is 338 g/mol. The molecule has 0 saturated heterocycles. The smallest absolute Gasteiger partial charge is 0.242 e. The zero-order valence-electron chi connectivity index (χ0n) is 14.9. The fraction of sp³-hybridized carbons (Fsp3) is 0.333. The first-order valence-corrected chi connectivity index (χ1v) is 8.74. The van der Waals surface area contributed by atoms with Crippen LogP contribution >= 0.6 is 0 Å². The molecule has 0 fully saturated rings. The van der Waals surface area contributed by atoms with E-state index in [-0.39, 0.29) is 11.8 Å². The first-order valence-electron chi connectivity index (χ1n) is 8.74. The van der Waals surface area contributed by atoms with Crippen LogP contribution in [0.3, 0.4) is 0 Å². The minimum absolute atomic E-state index is 0.00292. The molecule has 2 rings (SSSR count). The minimum Gasteiger partial charge on any atom is -0.357 e. The average Bonchev–Trinajstić information content (AvgIpc) is 2.67. The van der Waals surface area contributed by atoms with E-state index in [9.17, 15) is 9.59 Å². The van der Waals surface area contributed by atoms with Gasteiger partial charge in [0, 0.05) is 20.0 Å². The van der Waals surface area contributed by atoms with Gasteiger partial charge in [0.15, 0.2) is 0 Å².